The summed E-state index contributed by atoms with van der Waals surface area (Å²) in [6.45, 7) is 3.31. The number of aryl methyl sites for hydroxylation is 1. The first-order valence-electron chi connectivity index (χ1n) is 11.4. The Morgan fingerprint density at radius 3 is 2.36 bits per heavy atom. The summed E-state index contributed by atoms with van der Waals surface area (Å²) >= 11 is 0. The van der Waals surface area contributed by atoms with Gasteiger partial charge in [0.15, 0.2) is 0 Å². The number of esters is 1. The second-order valence-corrected chi connectivity index (χ2v) is 9.38. The lowest BCUT2D eigenvalue weighted by Gasteiger charge is -2.17. The van der Waals surface area contributed by atoms with Crippen LogP contribution in [0.25, 0.3) is 0 Å². The van der Waals surface area contributed by atoms with E-state index in [9.17, 15) is 13.8 Å². The summed E-state index contributed by atoms with van der Waals surface area (Å²) in [6.07, 6.45) is 4.48. The van der Waals surface area contributed by atoms with Crippen molar-refractivity contribution in [3.05, 3.63) is 65.7 Å². The molecule has 2 aromatic carbocycles. The van der Waals surface area contributed by atoms with E-state index in [1.165, 1.54) is 12.7 Å². The predicted molar refractivity (Wildman–Crippen MR) is 130 cm³/mol. The number of ketones is 1. The topological polar surface area (TPSA) is 81.7 Å². The van der Waals surface area contributed by atoms with Crippen molar-refractivity contribution in [3.63, 3.8) is 0 Å². The van der Waals surface area contributed by atoms with E-state index in [0.29, 0.717) is 24.5 Å². The number of hydrogen-bond acceptors (Lipinski definition) is 5. The Morgan fingerprint density at radius 1 is 0.970 bits per heavy atom. The number of nitrogens with one attached hydrogen (secondary N) is 1. The summed E-state index contributed by atoms with van der Waals surface area (Å²) < 4.78 is 26.1. The Labute approximate surface area is 199 Å². The second kappa shape index (κ2) is 15.5. The minimum Gasteiger partial charge on any atom is -0.469 e. The lowest BCUT2D eigenvalue weighted by atomic mass is 10.0. The molecule has 0 aromatic heterocycles. The number of carbonyl (C=O) groups excluding carboxylic acids is 2. The molecule has 2 aromatic rings. The molecule has 0 heterocycles. The Morgan fingerprint density at radius 2 is 1.67 bits per heavy atom. The molecule has 0 radical (unpaired) electrons. The van der Waals surface area contributed by atoms with Crippen molar-refractivity contribution >= 4 is 22.7 Å². The Balaban J connectivity index is 1.74. The third kappa shape index (κ3) is 11.4. The normalized spacial score (nSPS) is 12.8. The summed E-state index contributed by atoms with van der Waals surface area (Å²) in [5, 5.41) is 0. The van der Waals surface area contributed by atoms with E-state index < -0.39 is 17.0 Å². The first-order valence-corrected chi connectivity index (χ1v) is 12.6. The standard InChI is InChI=1S/C26H35NO5S/c1-21-13-15-25(16-14-21)33(30)27-23(18-24(28)19-26(29)31-2)12-8-3-4-9-17-32-20-22-10-6-5-7-11-22/h5-7,10-11,13-16,23,27H,3-4,8-9,12,17-20H2,1-2H3/t23-,33-/m1/s1. The molecule has 33 heavy (non-hydrogen) atoms. The van der Waals surface area contributed by atoms with Gasteiger partial charge in [0.1, 0.15) is 23.2 Å². The van der Waals surface area contributed by atoms with Gasteiger partial charge >= 0.3 is 5.97 Å². The van der Waals surface area contributed by atoms with Crippen LogP contribution < -0.4 is 4.72 Å². The molecular formula is C26H35NO5S. The Kier molecular flexibility index (Phi) is 12.6. The average molecular weight is 474 g/mol. The fraction of sp³-hybridized carbons (Fsp3) is 0.462. The van der Waals surface area contributed by atoms with Crippen LogP contribution in [0, 0.1) is 6.92 Å². The maximum absolute atomic E-state index is 12.7. The molecule has 7 heteroatoms. The highest BCUT2D eigenvalue weighted by Gasteiger charge is 2.19. The van der Waals surface area contributed by atoms with Crippen LogP contribution in [0.15, 0.2) is 59.5 Å². The maximum atomic E-state index is 12.7. The zero-order valence-corrected chi connectivity index (χ0v) is 20.4. The van der Waals surface area contributed by atoms with Gasteiger partial charge in [0.05, 0.1) is 18.6 Å². The number of Topliss-reactive ketones (excluding diaryl/α,β-unsaturated/α-hetero) is 1. The Hall–Kier alpha value is -2.35. The van der Waals surface area contributed by atoms with Gasteiger partial charge in [-0.15, -0.1) is 0 Å². The van der Waals surface area contributed by atoms with Crippen LogP contribution in [-0.4, -0.2) is 35.7 Å². The molecule has 0 bridgehead atoms. The highest BCUT2D eigenvalue weighted by molar-refractivity contribution is 7.83. The van der Waals surface area contributed by atoms with Crippen molar-refractivity contribution in [1.29, 1.82) is 0 Å². The minimum atomic E-state index is -1.42. The molecule has 0 aliphatic rings. The zero-order chi connectivity index (χ0) is 23.9. The zero-order valence-electron chi connectivity index (χ0n) is 19.6. The van der Waals surface area contributed by atoms with Crippen LogP contribution >= 0.6 is 0 Å². The molecule has 2 atom stereocenters. The van der Waals surface area contributed by atoms with E-state index in [4.69, 9.17) is 4.74 Å². The van der Waals surface area contributed by atoms with Crippen molar-refractivity contribution in [1.82, 2.24) is 4.72 Å². The van der Waals surface area contributed by atoms with E-state index in [1.807, 2.05) is 49.4 Å². The molecule has 2 rings (SSSR count). The monoisotopic (exact) mass is 473 g/mol. The fourth-order valence-corrected chi connectivity index (χ4v) is 4.40. The molecule has 0 aliphatic heterocycles. The van der Waals surface area contributed by atoms with Crippen LogP contribution in [0.4, 0.5) is 0 Å². The maximum Gasteiger partial charge on any atom is 0.313 e. The molecule has 180 valence electrons. The molecule has 0 fully saturated rings. The molecule has 0 spiro atoms. The van der Waals surface area contributed by atoms with Gasteiger partial charge < -0.3 is 9.47 Å². The van der Waals surface area contributed by atoms with Crippen molar-refractivity contribution in [2.45, 2.75) is 69.4 Å². The number of ether oxygens (including phenoxy) is 2. The van der Waals surface area contributed by atoms with Gasteiger partial charge in [-0.25, -0.2) is 8.93 Å². The van der Waals surface area contributed by atoms with Gasteiger partial charge in [0, 0.05) is 19.1 Å². The molecule has 0 aliphatic carbocycles. The summed E-state index contributed by atoms with van der Waals surface area (Å²) in [5.41, 5.74) is 2.26. The summed E-state index contributed by atoms with van der Waals surface area (Å²) in [7, 11) is -0.156. The molecule has 1 N–H and O–H groups in total. The number of rotatable bonds is 16. The van der Waals surface area contributed by atoms with Gasteiger partial charge in [0.2, 0.25) is 0 Å². The molecule has 0 saturated carbocycles. The highest BCUT2D eigenvalue weighted by Crippen LogP contribution is 2.14. The first kappa shape index (κ1) is 26.9. The van der Waals surface area contributed by atoms with Gasteiger partial charge in [-0.05, 0) is 37.5 Å². The summed E-state index contributed by atoms with van der Waals surface area (Å²) in [5.74, 6) is -0.761. The quantitative estimate of drug-likeness (QED) is 0.218. The van der Waals surface area contributed by atoms with E-state index in [0.717, 1.165) is 31.2 Å². The smallest absolute Gasteiger partial charge is 0.313 e. The van der Waals surface area contributed by atoms with Crippen LogP contribution in [0.1, 0.15) is 56.1 Å². The van der Waals surface area contributed by atoms with E-state index >= 15 is 0 Å². The third-order valence-corrected chi connectivity index (χ3v) is 6.50. The summed E-state index contributed by atoms with van der Waals surface area (Å²) in [6, 6.07) is 17.3. The van der Waals surface area contributed by atoms with Gasteiger partial charge in [0.25, 0.3) is 0 Å². The number of methoxy groups -OCH3 is 1. The number of benzene rings is 2. The highest BCUT2D eigenvalue weighted by atomic mass is 32.2. The minimum absolute atomic E-state index is 0.146. The van der Waals surface area contributed by atoms with E-state index in [1.54, 1.807) is 0 Å². The predicted octanol–water partition coefficient (Wildman–Crippen LogP) is 4.67. The number of hydrogen-bond donors (Lipinski definition) is 1. The Bertz CT molecular complexity index is 870. The van der Waals surface area contributed by atoms with E-state index in [-0.39, 0.29) is 24.7 Å². The van der Waals surface area contributed by atoms with Crippen molar-refractivity contribution < 1.29 is 23.3 Å². The van der Waals surface area contributed by atoms with Gasteiger partial charge in [-0.3, -0.25) is 9.59 Å². The van der Waals surface area contributed by atoms with E-state index in [2.05, 4.69) is 21.6 Å². The largest absolute Gasteiger partial charge is 0.469 e. The molecule has 0 unspecified atom stereocenters. The molecule has 6 nitrogen and oxygen atoms in total. The summed E-state index contributed by atoms with van der Waals surface area (Å²) in [4.78, 5) is 24.3. The lowest BCUT2D eigenvalue weighted by Crippen LogP contribution is -2.33. The van der Waals surface area contributed by atoms with Crippen LogP contribution in [0.3, 0.4) is 0 Å². The molecule has 0 amide bonds. The van der Waals surface area contributed by atoms with Crippen LogP contribution in [-0.2, 0) is 36.7 Å². The van der Waals surface area contributed by atoms with Crippen LogP contribution in [0.2, 0.25) is 0 Å². The van der Waals surface area contributed by atoms with Gasteiger partial charge in [-0.2, -0.15) is 0 Å². The van der Waals surface area contributed by atoms with Crippen LogP contribution in [0.5, 0.6) is 0 Å². The molecular weight excluding hydrogens is 438 g/mol. The first-order chi connectivity index (χ1) is 16.0. The van der Waals surface area contributed by atoms with Crippen molar-refractivity contribution in [3.8, 4) is 0 Å². The third-order valence-electron chi connectivity index (χ3n) is 5.25. The second-order valence-electron chi connectivity index (χ2n) is 8.13. The lowest BCUT2D eigenvalue weighted by molar-refractivity contribution is -0.143. The fourth-order valence-electron chi connectivity index (χ4n) is 3.38. The number of unbranched alkanes of at least 4 members (excludes halogenated alkanes) is 3. The van der Waals surface area contributed by atoms with Crippen molar-refractivity contribution in [2.75, 3.05) is 13.7 Å². The van der Waals surface area contributed by atoms with Crippen molar-refractivity contribution in [2.24, 2.45) is 0 Å². The molecule has 0 saturated heterocycles. The SMILES string of the molecule is COC(=O)CC(=O)C[C@@H](CCCCCCOCc1ccccc1)N[S@](=O)c1ccc(C)cc1. The number of carbonyl (C=O) groups is 2. The van der Waals surface area contributed by atoms with Gasteiger partial charge in [-0.1, -0.05) is 67.3 Å². The average Bonchev–Trinajstić information content (AvgIpc) is 2.81.